The van der Waals surface area contributed by atoms with Crippen LogP contribution in [0.1, 0.15) is 16.8 Å². The number of nitrogens with zero attached hydrogens (tertiary/aromatic N) is 1. The summed E-state index contributed by atoms with van der Waals surface area (Å²) in [6, 6.07) is 4.13. The first-order chi connectivity index (χ1) is 9.08. The van der Waals surface area contributed by atoms with Crippen LogP contribution in [-0.2, 0) is 4.74 Å². The third-order valence-corrected chi connectivity index (χ3v) is 3.67. The van der Waals surface area contributed by atoms with Gasteiger partial charge in [0.25, 0.3) is 11.6 Å². The number of benzene rings is 1. The molecule has 0 radical (unpaired) electrons. The summed E-state index contributed by atoms with van der Waals surface area (Å²) in [5, 5.41) is 13.5. The molecule has 0 aromatic heterocycles. The quantitative estimate of drug-likeness (QED) is 0.678. The van der Waals surface area contributed by atoms with Crippen LogP contribution in [0.4, 0.5) is 5.69 Å². The van der Waals surface area contributed by atoms with E-state index in [2.05, 4.69) is 21.2 Å². The molecular weight excluding hydrogens is 316 g/mol. The first-order valence-electron chi connectivity index (χ1n) is 5.88. The first-order valence-corrected chi connectivity index (χ1v) is 6.67. The van der Waals surface area contributed by atoms with E-state index in [0.717, 1.165) is 13.0 Å². The fourth-order valence-electron chi connectivity index (χ4n) is 1.88. The molecule has 0 aliphatic carbocycles. The van der Waals surface area contributed by atoms with Crippen LogP contribution in [0.25, 0.3) is 0 Å². The summed E-state index contributed by atoms with van der Waals surface area (Å²) in [7, 11) is 0. The van der Waals surface area contributed by atoms with E-state index in [9.17, 15) is 14.9 Å². The van der Waals surface area contributed by atoms with E-state index < -0.39 is 4.92 Å². The summed E-state index contributed by atoms with van der Waals surface area (Å²) >= 11 is 3.23. The van der Waals surface area contributed by atoms with Crippen LogP contribution in [0.2, 0.25) is 0 Å². The summed E-state index contributed by atoms with van der Waals surface area (Å²) < 4.78 is 5.76. The minimum absolute atomic E-state index is 0.0995. The molecular formula is C12H13BrN2O4. The molecule has 1 aliphatic heterocycles. The average molecular weight is 329 g/mol. The van der Waals surface area contributed by atoms with Gasteiger partial charge in [-0.25, -0.2) is 0 Å². The normalized spacial score (nSPS) is 18.3. The third kappa shape index (κ3) is 3.51. The highest BCUT2D eigenvalue weighted by Crippen LogP contribution is 2.22. The van der Waals surface area contributed by atoms with E-state index in [1.54, 1.807) is 0 Å². The minimum Gasteiger partial charge on any atom is -0.381 e. The van der Waals surface area contributed by atoms with Gasteiger partial charge in [-0.1, -0.05) is 0 Å². The molecule has 0 spiro atoms. The molecule has 102 valence electrons. The minimum atomic E-state index is -0.520. The van der Waals surface area contributed by atoms with Crippen molar-refractivity contribution in [1.29, 1.82) is 0 Å². The van der Waals surface area contributed by atoms with Crippen molar-refractivity contribution < 1.29 is 14.5 Å². The molecule has 1 amide bonds. The van der Waals surface area contributed by atoms with Crippen LogP contribution in [0.5, 0.6) is 0 Å². The maximum absolute atomic E-state index is 12.0. The Labute approximate surface area is 118 Å². The van der Waals surface area contributed by atoms with Gasteiger partial charge in [0.2, 0.25) is 0 Å². The number of ether oxygens (including phenoxy) is 1. The van der Waals surface area contributed by atoms with Gasteiger partial charge >= 0.3 is 0 Å². The Morgan fingerprint density at radius 3 is 3.00 bits per heavy atom. The second-order valence-corrected chi connectivity index (χ2v) is 5.22. The number of nitrogens with one attached hydrogen (secondary N) is 1. The number of nitro groups is 1. The lowest BCUT2D eigenvalue weighted by Crippen LogP contribution is -2.29. The van der Waals surface area contributed by atoms with Crippen LogP contribution >= 0.6 is 15.9 Å². The predicted molar refractivity (Wildman–Crippen MR) is 72.1 cm³/mol. The van der Waals surface area contributed by atoms with Crippen molar-refractivity contribution in [2.45, 2.75) is 6.42 Å². The highest BCUT2D eigenvalue weighted by molar-refractivity contribution is 9.10. The van der Waals surface area contributed by atoms with E-state index in [1.165, 1.54) is 18.2 Å². The van der Waals surface area contributed by atoms with Crippen LogP contribution in [-0.4, -0.2) is 30.6 Å². The molecule has 1 aromatic rings. The Bertz CT molecular complexity index is 501. The molecule has 1 unspecified atom stereocenters. The summed E-state index contributed by atoms with van der Waals surface area (Å²) in [5.74, 6) is 0.00361. The molecule has 1 aromatic carbocycles. The van der Waals surface area contributed by atoms with E-state index in [1.807, 2.05) is 0 Å². The van der Waals surface area contributed by atoms with Crippen LogP contribution in [0.3, 0.4) is 0 Å². The van der Waals surface area contributed by atoms with E-state index >= 15 is 0 Å². The highest BCUT2D eigenvalue weighted by atomic mass is 79.9. The molecule has 1 atom stereocenters. The Morgan fingerprint density at radius 2 is 2.37 bits per heavy atom. The lowest BCUT2D eigenvalue weighted by Gasteiger charge is -2.10. The number of carbonyl (C=O) groups excluding carboxylic acids is 1. The smallest absolute Gasteiger partial charge is 0.270 e. The van der Waals surface area contributed by atoms with Gasteiger partial charge in [-0.3, -0.25) is 14.9 Å². The van der Waals surface area contributed by atoms with E-state index in [4.69, 9.17) is 4.74 Å². The molecule has 6 nitrogen and oxygen atoms in total. The van der Waals surface area contributed by atoms with Crippen molar-refractivity contribution in [3.8, 4) is 0 Å². The molecule has 1 aliphatic rings. The average Bonchev–Trinajstić information content (AvgIpc) is 2.89. The van der Waals surface area contributed by atoms with E-state index in [-0.39, 0.29) is 17.2 Å². The molecule has 0 bridgehead atoms. The molecule has 2 rings (SSSR count). The van der Waals surface area contributed by atoms with Gasteiger partial charge in [-0.2, -0.15) is 0 Å². The number of carbonyl (C=O) groups is 1. The van der Waals surface area contributed by atoms with Crippen molar-refractivity contribution in [3.05, 3.63) is 38.3 Å². The van der Waals surface area contributed by atoms with Gasteiger partial charge in [0.05, 0.1) is 17.1 Å². The third-order valence-electron chi connectivity index (χ3n) is 2.98. The summed E-state index contributed by atoms with van der Waals surface area (Å²) in [6.45, 7) is 1.89. The zero-order valence-corrected chi connectivity index (χ0v) is 11.7. The van der Waals surface area contributed by atoms with E-state index in [0.29, 0.717) is 23.5 Å². The number of halogens is 1. The van der Waals surface area contributed by atoms with Crippen molar-refractivity contribution in [2.75, 3.05) is 19.8 Å². The van der Waals surface area contributed by atoms with Gasteiger partial charge in [0, 0.05) is 35.7 Å². The van der Waals surface area contributed by atoms with Crippen molar-refractivity contribution >= 4 is 27.5 Å². The van der Waals surface area contributed by atoms with Crippen molar-refractivity contribution in [2.24, 2.45) is 5.92 Å². The lowest BCUT2D eigenvalue weighted by molar-refractivity contribution is -0.384. The fraction of sp³-hybridized carbons (Fsp3) is 0.417. The molecule has 7 heteroatoms. The second kappa shape index (κ2) is 6.12. The van der Waals surface area contributed by atoms with Gasteiger partial charge in [-0.15, -0.1) is 0 Å². The topological polar surface area (TPSA) is 81.5 Å². The number of nitro benzene ring substituents is 1. The molecule has 1 heterocycles. The summed E-state index contributed by atoms with van der Waals surface area (Å²) in [4.78, 5) is 22.2. The Kier molecular flexibility index (Phi) is 4.49. The Balaban J connectivity index is 2.04. The monoisotopic (exact) mass is 328 g/mol. The fourth-order valence-corrected chi connectivity index (χ4v) is 2.30. The first kappa shape index (κ1) is 14.0. The zero-order valence-electron chi connectivity index (χ0n) is 10.1. The molecule has 19 heavy (non-hydrogen) atoms. The Hall–Kier alpha value is -1.47. The number of non-ortho nitro benzene ring substituents is 1. The van der Waals surface area contributed by atoms with Crippen LogP contribution in [0.15, 0.2) is 22.7 Å². The predicted octanol–water partition coefficient (Wildman–Crippen LogP) is 2.12. The molecule has 0 saturated carbocycles. The van der Waals surface area contributed by atoms with Crippen LogP contribution < -0.4 is 5.32 Å². The molecule has 1 saturated heterocycles. The molecule has 1 fully saturated rings. The summed E-state index contributed by atoms with van der Waals surface area (Å²) in [5.41, 5.74) is 0.172. The van der Waals surface area contributed by atoms with Gasteiger partial charge in [0.1, 0.15) is 0 Å². The summed E-state index contributed by atoms with van der Waals surface area (Å²) in [6.07, 6.45) is 0.927. The maximum Gasteiger partial charge on any atom is 0.270 e. The van der Waals surface area contributed by atoms with Crippen molar-refractivity contribution in [1.82, 2.24) is 5.32 Å². The van der Waals surface area contributed by atoms with Gasteiger partial charge in [-0.05, 0) is 28.4 Å². The Morgan fingerprint density at radius 1 is 1.58 bits per heavy atom. The maximum atomic E-state index is 12.0. The van der Waals surface area contributed by atoms with Crippen molar-refractivity contribution in [3.63, 3.8) is 0 Å². The lowest BCUT2D eigenvalue weighted by atomic mass is 10.1. The number of amides is 1. The highest BCUT2D eigenvalue weighted by Gasteiger charge is 2.19. The number of hydrogen-bond donors (Lipinski definition) is 1. The standard InChI is InChI=1S/C12H13BrN2O4/c13-11-2-1-9(15(17)18)5-10(11)12(16)14-6-8-3-4-19-7-8/h1-2,5,8H,3-4,6-7H2,(H,14,16). The van der Waals surface area contributed by atoms with Gasteiger partial charge in [0.15, 0.2) is 0 Å². The zero-order chi connectivity index (χ0) is 13.8. The molecule has 1 N–H and O–H groups in total. The van der Waals surface area contributed by atoms with Crippen LogP contribution in [0, 0.1) is 16.0 Å². The second-order valence-electron chi connectivity index (χ2n) is 4.36. The largest absolute Gasteiger partial charge is 0.381 e. The SMILES string of the molecule is O=C(NCC1CCOC1)c1cc([N+](=O)[O-])ccc1Br. The number of hydrogen-bond acceptors (Lipinski definition) is 4. The number of rotatable bonds is 4. The van der Waals surface area contributed by atoms with Gasteiger partial charge < -0.3 is 10.1 Å².